The van der Waals surface area contributed by atoms with Crippen LogP contribution in [-0.2, 0) is 6.42 Å². The minimum absolute atomic E-state index is 0.468. The Morgan fingerprint density at radius 1 is 1.12 bits per heavy atom. The molecular formula is C15H23N. The lowest BCUT2D eigenvalue weighted by Gasteiger charge is -2.26. The molecule has 2 N–H and O–H groups in total. The third-order valence-electron chi connectivity index (χ3n) is 3.90. The molecule has 1 heteroatoms. The molecule has 0 amide bonds. The van der Waals surface area contributed by atoms with Crippen molar-refractivity contribution in [2.75, 3.05) is 0 Å². The van der Waals surface area contributed by atoms with E-state index in [0.717, 1.165) is 5.92 Å². The van der Waals surface area contributed by atoms with Gasteiger partial charge in [0.1, 0.15) is 0 Å². The van der Waals surface area contributed by atoms with E-state index in [4.69, 9.17) is 5.73 Å². The first-order valence-corrected chi connectivity index (χ1v) is 6.47. The molecule has 0 aromatic heterocycles. The molecule has 1 aromatic rings. The quantitative estimate of drug-likeness (QED) is 0.807. The number of aryl methyl sites for hydroxylation is 2. The van der Waals surface area contributed by atoms with Crippen LogP contribution in [0.1, 0.15) is 42.4 Å². The second-order valence-corrected chi connectivity index (χ2v) is 5.41. The molecular weight excluding hydrogens is 194 g/mol. The third-order valence-corrected chi connectivity index (χ3v) is 3.90. The van der Waals surface area contributed by atoms with Gasteiger partial charge in [0, 0.05) is 6.04 Å². The monoisotopic (exact) mass is 217 g/mol. The van der Waals surface area contributed by atoms with Crippen LogP contribution >= 0.6 is 0 Å². The maximum atomic E-state index is 5.94. The molecule has 1 aromatic carbocycles. The normalized spacial score (nSPS) is 25.7. The molecule has 2 rings (SSSR count). The molecule has 0 radical (unpaired) electrons. The van der Waals surface area contributed by atoms with E-state index in [9.17, 15) is 0 Å². The number of hydrogen-bond acceptors (Lipinski definition) is 1. The maximum absolute atomic E-state index is 5.94. The fourth-order valence-electron chi connectivity index (χ4n) is 2.78. The molecule has 1 saturated carbocycles. The number of benzene rings is 1. The van der Waals surface area contributed by atoms with Crippen molar-refractivity contribution in [3.8, 4) is 0 Å². The van der Waals surface area contributed by atoms with Gasteiger partial charge >= 0.3 is 0 Å². The van der Waals surface area contributed by atoms with Crippen LogP contribution in [0.2, 0.25) is 0 Å². The Labute approximate surface area is 99.0 Å². The van der Waals surface area contributed by atoms with Gasteiger partial charge in [-0.3, -0.25) is 0 Å². The second-order valence-electron chi connectivity index (χ2n) is 5.41. The van der Waals surface area contributed by atoms with E-state index >= 15 is 0 Å². The predicted octanol–water partition coefficient (Wildman–Crippen LogP) is 3.36. The summed E-state index contributed by atoms with van der Waals surface area (Å²) < 4.78 is 0. The molecule has 1 aliphatic rings. The largest absolute Gasteiger partial charge is 0.328 e. The smallest absolute Gasteiger partial charge is 0.00390 e. The summed E-state index contributed by atoms with van der Waals surface area (Å²) in [6, 6.07) is 7.30. The molecule has 0 bridgehead atoms. The summed E-state index contributed by atoms with van der Waals surface area (Å²) in [5.41, 5.74) is 10.3. The van der Waals surface area contributed by atoms with E-state index in [1.165, 1.54) is 48.8 Å². The summed E-state index contributed by atoms with van der Waals surface area (Å²) >= 11 is 0. The van der Waals surface area contributed by atoms with Crippen LogP contribution in [0.25, 0.3) is 0 Å². The highest BCUT2D eigenvalue weighted by Gasteiger charge is 2.19. The molecule has 0 aliphatic heterocycles. The van der Waals surface area contributed by atoms with Gasteiger partial charge in [-0.05, 0) is 63.0 Å². The van der Waals surface area contributed by atoms with Gasteiger partial charge in [0.15, 0.2) is 0 Å². The zero-order valence-corrected chi connectivity index (χ0v) is 10.5. The summed E-state index contributed by atoms with van der Waals surface area (Å²) in [5, 5.41) is 0. The fraction of sp³-hybridized carbons (Fsp3) is 0.600. The summed E-state index contributed by atoms with van der Waals surface area (Å²) in [4.78, 5) is 0. The van der Waals surface area contributed by atoms with Crippen molar-refractivity contribution >= 4 is 0 Å². The van der Waals surface area contributed by atoms with Gasteiger partial charge in [0.25, 0.3) is 0 Å². The van der Waals surface area contributed by atoms with E-state index in [2.05, 4.69) is 32.0 Å². The number of nitrogens with two attached hydrogens (primary N) is 1. The minimum Gasteiger partial charge on any atom is -0.328 e. The molecule has 1 nitrogen and oxygen atoms in total. The molecule has 1 aliphatic carbocycles. The summed E-state index contributed by atoms with van der Waals surface area (Å²) in [7, 11) is 0. The first kappa shape index (κ1) is 11.7. The average molecular weight is 217 g/mol. The summed E-state index contributed by atoms with van der Waals surface area (Å²) in [5.74, 6) is 0.862. The highest BCUT2D eigenvalue weighted by Crippen LogP contribution is 2.27. The fourth-order valence-corrected chi connectivity index (χ4v) is 2.78. The molecule has 0 spiro atoms. The van der Waals surface area contributed by atoms with Crippen molar-refractivity contribution in [3.63, 3.8) is 0 Å². The van der Waals surface area contributed by atoms with Crippen molar-refractivity contribution in [3.05, 3.63) is 34.9 Å². The van der Waals surface area contributed by atoms with E-state index in [1.54, 1.807) is 0 Å². The van der Waals surface area contributed by atoms with Crippen LogP contribution in [0.4, 0.5) is 0 Å². The van der Waals surface area contributed by atoms with Crippen molar-refractivity contribution in [2.24, 2.45) is 11.7 Å². The van der Waals surface area contributed by atoms with E-state index in [0.29, 0.717) is 6.04 Å². The maximum Gasteiger partial charge on any atom is 0.00390 e. The van der Waals surface area contributed by atoms with Crippen LogP contribution in [0.3, 0.4) is 0 Å². The molecule has 0 heterocycles. The van der Waals surface area contributed by atoms with Gasteiger partial charge in [-0.15, -0.1) is 0 Å². The van der Waals surface area contributed by atoms with Crippen molar-refractivity contribution in [2.45, 2.75) is 52.0 Å². The lowest BCUT2D eigenvalue weighted by molar-refractivity contribution is 0.324. The van der Waals surface area contributed by atoms with Crippen LogP contribution in [-0.4, -0.2) is 6.04 Å². The Kier molecular flexibility index (Phi) is 3.65. The van der Waals surface area contributed by atoms with Gasteiger partial charge in [0.05, 0.1) is 0 Å². The van der Waals surface area contributed by atoms with Gasteiger partial charge in [-0.25, -0.2) is 0 Å². The Morgan fingerprint density at radius 3 is 2.44 bits per heavy atom. The van der Waals surface area contributed by atoms with Crippen LogP contribution in [0.15, 0.2) is 18.2 Å². The van der Waals surface area contributed by atoms with Gasteiger partial charge in [-0.1, -0.05) is 23.8 Å². The molecule has 1 fully saturated rings. The number of hydrogen-bond donors (Lipinski definition) is 1. The predicted molar refractivity (Wildman–Crippen MR) is 69.6 cm³/mol. The van der Waals surface area contributed by atoms with Gasteiger partial charge in [-0.2, -0.15) is 0 Å². The Morgan fingerprint density at radius 2 is 1.81 bits per heavy atom. The number of rotatable bonds is 2. The average Bonchev–Trinajstić information content (AvgIpc) is 2.25. The zero-order valence-electron chi connectivity index (χ0n) is 10.5. The van der Waals surface area contributed by atoms with Crippen LogP contribution in [0.5, 0.6) is 0 Å². The highest BCUT2D eigenvalue weighted by atomic mass is 14.6. The van der Waals surface area contributed by atoms with Gasteiger partial charge in [0.2, 0.25) is 0 Å². The summed E-state index contributed by atoms with van der Waals surface area (Å²) in [6.45, 7) is 4.40. The van der Waals surface area contributed by atoms with Crippen molar-refractivity contribution < 1.29 is 0 Å². The molecule has 16 heavy (non-hydrogen) atoms. The zero-order chi connectivity index (χ0) is 11.5. The topological polar surface area (TPSA) is 26.0 Å². The lowest BCUT2D eigenvalue weighted by Crippen LogP contribution is -2.27. The molecule has 0 saturated heterocycles. The SMILES string of the molecule is Cc1ccc(CC2CCC(N)CC2)c(C)c1. The first-order chi connectivity index (χ1) is 7.65. The van der Waals surface area contributed by atoms with Crippen LogP contribution in [0, 0.1) is 19.8 Å². The second kappa shape index (κ2) is 5.01. The molecule has 88 valence electrons. The Bertz CT molecular complexity index is 348. The molecule has 0 atom stereocenters. The standard InChI is InChI=1S/C15H23N/c1-11-3-6-14(12(2)9-11)10-13-4-7-15(16)8-5-13/h3,6,9,13,15H,4-5,7-8,10,16H2,1-2H3. The third kappa shape index (κ3) is 2.85. The van der Waals surface area contributed by atoms with E-state index in [-0.39, 0.29) is 0 Å². The van der Waals surface area contributed by atoms with Gasteiger partial charge < -0.3 is 5.73 Å². The Balaban J connectivity index is 1.98. The lowest BCUT2D eigenvalue weighted by atomic mass is 9.82. The highest BCUT2D eigenvalue weighted by molar-refractivity contribution is 5.30. The molecule has 0 unspecified atom stereocenters. The van der Waals surface area contributed by atoms with E-state index < -0.39 is 0 Å². The first-order valence-electron chi connectivity index (χ1n) is 6.47. The Hall–Kier alpha value is -0.820. The van der Waals surface area contributed by atoms with Crippen LogP contribution < -0.4 is 5.73 Å². The summed E-state index contributed by atoms with van der Waals surface area (Å²) in [6.07, 6.45) is 6.31. The van der Waals surface area contributed by atoms with Crippen molar-refractivity contribution in [1.82, 2.24) is 0 Å². The minimum atomic E-state index is 0.468. The van der Waals surface area contributed by atoms with E-state index in [1.807, 2.05) is 0 Å². The van der Waals surface area contributed by atoms with Crippen molar-refractivity contribution in [1.29, 1.82) is 0 Å².